The van der Waals surface area contributed by atoms with Crippen LogP contribution in [0.4, 0.5) is 39.8 Å². The van der Waals surface area contributed by atoms with E-state index in [0.717, 1.165) is 11.1 Å². The van der Waals surface area contributed by atoms with E-state index in [1.807, 2.05) is 24.3 Å². The van der Waals surface area contributed by atoms with E-state index in [0.29, 0.717) is 17.1 Å². The second-order valence-corrected chi connectivity index (χ2v) is 16.4. The van der Waals surface area contributed by atoms with E-state index in [4.69, 9.17) is 42.1 Å². The Morgan fingerprint density at radius 3 is 2.14 bits per heavy atom. The Bertz CT molecular complexity index is 2620. The molecule has 7 rings (SSSR count). The summed E-state index contributed by atoms with van der Waals surface area (Å²) in [5, 5.41) is 1.80. The van der Waals surface area contributed by atoms with Gasteiger partial charge in [-0.25, -0.2) is 24.1 Å². The van der Waals surface area contributed by atoms with Crippen molar-refractivity contribution in [3.05, 3.63) is 117 Å². The molecule has 12 nitrogen and oxygen atoms in total. The average molecular weight is 909 g/mol. The first-order valence-corrected chi connectivity index (χ1v) is 20.4. The molecule has 330 valence electrons. The molecular formula is C45H43Cl2F4N7O5. The van der Waals surface area contributed by atoms with Crippen LogP contribution in [0.5, 0.6) is 17.2 Å². The number of hydrogen-bond donors (Lipinski definition) is 1. The highest BCUT2D eigenvalue weighted by Gasteiger charge is 2.41. The molecule has 63 heavy (non-hydrogen) atoms. The number of ether oxygens (including phenoxy) is 4. The highest BCUT2D eigenvalue weighted by Crippen LogP contribution is 2.51. The molecule has 6 aromatic rings. The van der Waals surface area contributed by atoms with Crippen LogP contribution in [0.25, 0.3) is 22.2 Å². The van der Waals surface area contributed by atoms with Gasteiger partial charge in [0.05, 0.1) is 54.0 Å². The molecule has 4 heterocycles. The first-order valence-electron chi connectivity index (χ1n) is 19.7. The minimum absolute atomic E-state index is 0.0254. The van der Waals surface area contributed by atoms with Crippen LogP contribution in [0.3, 0.4) is 0 Å². The molecule has 1 atom stereocenters. The normalized spacial score (nSPS) is 13.3. The predicted octanol–water partition coefficient (Wildman–Crippen LogP) is 11.4. The number of hydrogen-bond acceptors (Lipinski definition) is 11. The van der Waals surface area contributed by atoms with E-state index in [-0.39, 0.29) is 60.4 Å². The number of methoxy groups -OCH3 is 2. The first-order chi connectivity index (χ1) is 29.9. The fraction of sp³-hybridized carbons (Fsp3) is 0.311. The van der Waals surface area contributed by atoms with Crippen molar-refractivity contribution in [2.24, 2.45) is 0 Å². The summed E-state index contributed by atoms with van der Waals surface area (Å²) in [5.74, 6) is 0.250. The smallest absolute Gasteiger partial charge is 0.418 e. The molecular weight excluding hydrogens is 865 g/mol. The van der Waals surface area contributed by atoms with Crippen LogP contribution in [0.15, 0.2) is 72.9 Å². The number of nitrogens with zero attached hydrogens (tertiary/aromatic N) is 6. The van der Waals surface area contributed by atoms with Gasteiger partial charge in [0.25, 0.3) is 0 Å². The lowest BCUT2D eigenvalue weighted by Gasteiger charge is -2.31. The summed E-state index contributed by atoms with van der Waals surface area (Å²) in [6.45, 7) is 8.69. The van der Waals surface area contributed by atoms with E-state index in [1.54, 1.807) is 88.1 Å². The number of carbonyl (C=O) groups excluding carboxylic acids is 1. The molecule has 1 N–H and O–H groups in total. The molecule has 0 aliphatic carbocycles. The largest absolute Gasteiger partial charge is 0.497 e. The van der Waals surface area contributed by atoms with Crippen molar-refractivity contribution < 1.29 is 41.3 Å². The summed E-state index contributed by atoms with van der Waals surface area (Å²) in [6.07, 6.45) is -4.24. The average Bonchev–Trinajstić information content (AvgIpc) is 3.42. The van der Waals surface area contributed by atoms with Gasteiger partial charge in [0.1, 0.15) is 46.7 Å². The van der Waals surface area contributed by atoms with Crippen molar-refractivity contribution in [3.63, 3.8) is 0 Å². The van der Waals surface area contributed by atoms with Gasteiger partial charge in [-0.05, 0) is 99.3 Å². The highest BCUT2D eigenvalue weighted by atomic mass is 35.5. The molecule has 0 spiro atoms. The molecule has 1 aliphatic rings. The lowest BCUT2D eigenvalue weighted by molar-refractivity contribution is -0.137. The summed E-state index contributed by atoms with van der Waals surface area (Å²) >= 11 is 13.6. The van der Waals surface area contributed by atoms with E-state index >= 15 is 17.6 Å². The van der Waals surface area contributed by atoms with Crippen molar-refractivity contribution in [3.8, 4) is 28.5 Å². The minimum atomic E-state index is -5.00. The molecule has 3 aromatic heterocycles. The van der Waals surface area contributed by atoms with Gasteiger partial charge in [0.15, 0.2) is 11.6 Å². The summed E-state index contributed by atoms with van der Waals surface area (Å²) in [6, 6.07) is 18.5. The molecule has 3 aromatic carbocycles. The molecule has 0 bridgehead atoms. The molecule has 1 aliphatic heterocycles. The molecule has 18 heteroatoms. The number of pyridine rings is 2. The Hall–Kier alpha value is -6.13. The summed E-state index contributed by atoms with van der Waals surface area (Å²) in [4.78, 5) is 34.0. The molecule has 1 amide bonds. The number of rotatable bonds is 11. The molecule has 0 saturated carbocycles. The summed E-state index contributed by atoms with van der Waals surface area (Å²) in [7, 11) is 3.09. The molecule has 0 radical (unpaired) electrons. The lowest BCUT2D eigenvalue weighted by atomic mass is 9.98. The van der Waals surface area contributed by atoms with Gasteiger partial charge in [0.2, 0.25) is 5.28 Å². The van der Waals surface area contributed by atoms with Crippen LogP contribution in [-0.2, 0) is 24.0 Å². The van der Waals surface area contributed by atoms with Crippen molar-refractivity contribution in [2.75, 3.05) is 42.5 Å². The number of carbonyl (C=O) groups is 1. The molecule has 0 unspecified atom stereocenters. The van der Waals surface area contributed by atoms with Crippen LogP contribution < -0.4 is 29.3 Å². The summed E-state index contributed by atoms with van der Waals surface area (Å²) < 4.78 is 85.5. The van der Waals surface area contributed by atoms with Gasteiger partial charge in [-0.2, -0.15) is 18.2 Å². The summed E-state index contributed by atoms with van der Waals surface area (Å²) in [5.41, 5.74) is -1.98. The Balaban J connectivity index is 1.39. The quantitative estimate of drug-likeness (QED) is 0.0987. The van der Waals surface area contributed by atoms with Crippen LogP contribution in [0.1, 0.15) is 61.6 Å². The molecule has 0 fully saturated rings. The fourth-order valence-electron chi connectivity index (χ4n) is 7.41. The zero-order valence-corrected chi connectivity index (χ0v) is 36.8. The van der Waals surface area contributed by atoms with Gasteiger partial charge >= 0.3 is 12.3 Å². The maximum absolute atomic E-state index is 17.5. The Labute approximate surface area is 371 Å². The highest BCUT2D eigenvalue weighted by molar-refractivity contribution is 6.37. The van der Waals surface area contributed by atoms with Gasteiger partial charge < -0.3 is 28.7 Å². The van der Waals surface area contributed by atoms with Crippen molar-refractivity contribution in [2.45, 2.75) is 65.5 Å². The number of anilines is 3. The number of nitrogens with one attached hydrogen (secondary N) is 1. The zero-order valence-electron chi connectivity index (χ0n) is 35.3. The Morgan fingerprint density at radius 2 is 1.57 bits per heavy atom. The third-order valence-electron chi connectivity index (χ3n) is 10.3. The van der Waals surface area contributed by atoms with Crippen LogP contribution in [0, 0.1) is 12.7 Å². The van der Waals surface area contributed by atoms with Crippen molar-refractivity contribution in [1.82, 2.24) is 19.9 Å². The second-order valence-electron chi connectivity index (χ2n) is 15.7. The SMILES string of the molecule is COc1ccc(CN(Cc2ccc(OC)cc2)c2cc(C)c(C(F)(F)F)c(-c3c(Cl)c4c5c(nc(Cl)nc5c3F)N([C@H](C)c3cccnc3NC(=O)OC(C)(C)C)CCO4)n2)cc1. The van der Waals surface area contributed by atoms with Gasteiger partial charge in [0, 0.05) is 24.8 Å². The van der Waals surface area contributed by atoms with Crippen LogP contribution >= 0.6 is 23.2 Å². The van der Waals surface area contributed by atoms with Gasteiger partial charge in [-0.3, -0.25) is 5.32 Å². The van der Waals surface area contributed by atoms with Crippen LogP contribution in [0.2, 0.25) is 10.3 Å². The third-order valence-corrected chi connectivity index (χ3v) is 10.8. The number of alkyl halides is 3. The predicted molar refractivity (Wildman–Crippen MR) is 234 cm³/mol. The van der Waals surface area contributed by atoms with Crippen molar-refractivity contribution in [1.29, 1.82) is 0 Å². The Morgan fingerprint density at radius 1 is 0.952 bits per heavy atom. The van der Waals surface area contributed by atoms with E-state index in [9.17, 15) is 4.79 Å². The van der Waals surface area contributed by atoms with Gasteiger partial charge in [-0.1, -0.05) is 41.9 Å². The second kappa shape index (κ2) is 17.9. The lowest BCUT2D eigenvalue weighted by Crippen LogP contribution is -2.32. The molecule has 0 saturated heterocycles. The standard InChI is InChI=1S/C45H43Cl2F4N7O5/c1-24-21-31(57(22-26-10-14-28(60-6)15-11-26)23-27-12-16-29(61-7)17-13-27)53-37(34(24)45(49,50)51)32-35(46)39-33-38(36(32)48)54-42(47)56-41(33)58(19-20-62-39)25(2)30-9-8-18-52-40(30)55-43(59)63-44(3,4)5/h8-18,21,25H,19-20,22-23H2,1-7H3,(H,52,55,59)/t25-/m1/s1. The number of amides is 1. The number of halogens is 6. The van der Waals surface area contributed by atoms with E-state index in [1.165, 1.54) is 19.2 Å². The van der Waals surface area contributed by atoms with E-state index < -0.39 is 62.4 Å². The maximum Gasteiger partial charge on any atom is 0.418 e. The number of benzene rings is 3. The first kappa shape index (κ1) is 44.9. The maximum atomic E-state index is 17.5. The fourth-order valence-corrected chi connectivity index (χ4v) is 7.90. The van der Waals surface area contributed by atoms with Crippen molar-refractivity contribution >= 4 is 57.7 Å². The monoisotopic (exact) mass is 907 g/mol. The Kier molecular flexibility index (Phi) is 12.8. The van der Waals surface area contributed by atoms with E-state index in [2.05, 4.69) is 25.3 Å². The van der Waals surface area contributed by atoms with Gasteiger partial charge in [-0.15, -0.1) is 0 Å². The zero-order chi connectivity index (χ0) is 45.4. The topological polar surface area (TPSA) is 124 Å². The van der Waals surface area contributed by atoms with Crippen LogP contribution in [-0.4, -0.2) is 59.0 Å². The number of aromatic nitrogens is 4. The minimum Gasteiger partial charge on any atom is -0.497 e. The number of aryl methyl sites for hydroxylation is 1. The third kappa shape index (κ3) is 9.61.